The zero-order valence-corrected chi connectivity index (χ0v) is 8.98. The predicted molar refractivity (Wildman–Crippen MR) is 58.3 cm³/mol. The standard InChI is InChI=1S/C11H10N4O/c1-6-3-4-16-9(6)11-14-7(2)8(5-12)10(13)15-11/h3-4H,1-2H3,(H2,13,14,15). The van der Waals surface area contributed by atoms with Crippen molar-refractivity contribution >= 4 is 5.82 Å². The van der Waals surface area contributed by atoms with Crippen molar-refractivity contribution in [2.75, 3.05) is 5.73 Å². The number of furan rings is 1. The molecule has 0 saturated heterocycles. The van der Waals surface area contributed by atoms with Crippen molar-refractivity contribution in [3.8, 4) is 17.7 Å². The van der Waals surface area contributed by atoms with Gasteiger partial charge in [0.1, 0.15) is 17.5 Å². The van der Waals surface area contributed by atoms with E-state index in [9.17, 15) is 0 Å². The Bertz CT molecular complexity index is 557. The van der Waals surface area contributed by atoms with Crippen molar-refractivity contribution in [2.24, 2.45) is 0 Å². The molecule has 2 rings (SSSR count). The third kappa shape index (κ3) is 1.50. The molecule has 0 aromatic carbocycles. The molecule has 2 N–H and O–H groups in total. The second-order valence-corrected chi connectivity index (χ2v) is 3.44. The summed E-state index contributed by atoms with van der Waals surface area (Å²) in [5.41, 5.74) is 7.48. The number of aromatic nitrogens is 2. The minimum atomic E-state index is 0.181. The van der Waals surface area contributed by atoms with Gasteiger partial charge in [-0.25, -0.2) is 9.97 Å². The van der Waals surface area contributed by atoms with Gasteiger partial charge in [0, 0.05) is 0 Å². The molecule has 0 radical (unpaired) electrons. The molecule has 2 aromatic heterocycles. The average Bonchev–Trinajstić information content (AvgIpc) is 2.64. The summed E-state index contributed by atoms with van der Waals surface area (Å²) in [6.07, 6.45) is 1.57. The number of aryl methyl sites for hydroxylation is 2. The van der Waals surface area contributed by atoms with Crippen LogP contribution in [0.4, 0.5) is 5.82 Å². The van der Waals surface area contributed by atoms with Crippen LogP contribution in [0.5, 0.6) is 0 Å². The highest BCUT2D eigenvalue weighted by atomic mass is 16.3. The summed E-state index contributed by atoms with van der Waals surface area (Å²) >= 11 is 0. The lowest BCUT2D eigenvalue weighted by atomic mass is 10.2. The van der Waals surface area contributed by atoms with Gasteiger partial charge in [-0.2, -0.15) is 5.26 Å². The Hall–Kier alpha value is -2.35. The van der Waals surface area contributed by atoms with Crippen molar-refractivity contribution in [3.63, 3.8) is 0 Å². The summed E-state index contributed by atoms with van der Waals surface area (Å²) < 4.78 is 5.27. The van der Waals surface area contributed by atoms with Gasteiger partial charge in [0.15, 0.2) is 11.6 Å². The molecule has 2 aromatic rings. The fraction of sp³-hybridized carbons (Fsp3) is 0.182. The van der Waals surface area contributed by atoms with Crippen molar-refractivity contribution < 1.29 is 4.42 Å². The monoisotopic (exact) mass is 214 g/mol. The molecule has 0 aliphatic carbocycles. The van der Waals surface area contributed by atoms with E-state index >= 15 is 0 Å². The molecule has 0 fully saturated rings. The highest BCUT2D eigenvalue weighted by molar-refractivity contribution is 5.59. The van der Waals surface area contributed by atoms with Gasteiger partial charge in [0.25, 0.3) is 0 Å². The van der Waals surface area contributed by atoms with Gasteiger partial charge in [-0.3, -0.25) is 0 Å². The Balaban J connectivity index is 2.62. The van der Waals surface area contributed by atoms with E-state index < -0.39 is 0 Å². The van der Waals surface area contributed by atoms with Crippen LogP contribution in [0.3, 0.4) is 0 Å². The fourth-order valence-corrected chi connectivity index (χ4v) is 1.44. The van der Waals surface area contributed by atoms with E-state index in [0.717, 1.165) is 5.56 Å². The van der Waals surface area contributed by atoms with E-state index in [1.165, 1.54) is 0 Å². The summed E-state index contributed by atoms with van der Waals surface area (Å²) in [6, 6.07) is 3.79. The summed E-state index contributed by atoms with van der Waals surface area (Å²) in [6.45, 7) is 3.62. The lowest BCUT2D eigenvalue weighted by Gasteiger charge is -2.03. The van der Waals surface area contributed by atoms with Crippen molar-refractivity contribution in [1.82, 2.24) is 9.97 Å². The first-order valence-corrected chi connectivity index (χ1v) is 4.72. The van der Waals surface area contributed by atoms with Crippen LogP contribution in [0.1, 0.15) is 16.8 Å². The predicted octanol–water partition coefficient (Wildman–Crippen LogP) is 1.81. The van der Waals surface area contributed by atoms with Crippen molar-refractivity contribution in [1.29, 1.82) is 5.26 Å². The van der Waals surface area contributed by atoms with Crippen molar-refractivity contribution in [3.05, 3.63) is 29.2 Å². The normalized spacial score (nSPS) is 10.1. The van der Waals surface area contributed by atoms with E-state index in [-0.39, 0.29) is 5.82 Å². The molecule has 80 valence electrons. The van der Waals surface area contributed by atoms with E-state index in [0.29, 0.717) is 22.8 Å². The van der Waals surface area contributed by atoms with Crippen LogP contribution >= 0.6 is 0 Å². The molecule has 0 atom stereocenters. The molecule has 16 heavy (non-hydrogen) atoms. The van der Waals surface area contributed by atoms with Crippen LogP contribution in [-0.4, -0.2) is 9.97 Å². The van der Waals surface area contributed by atoms with Crippen LogP contribution in [0.15, 0.2) is 16.7 Å². The quantitative estimate of drug-likeness (QED) is 0.781. The third-order valence-corrected chi connectivity index (χ3v) is 2.29. The third-order valence-electron chi connectivity index (χ3n) is 2.29. The van der Waals surface area contributed by atoms with Gasteiger partial charge in [-0.1, -0.05) is 0 Å². The number of nitrogen functional groups attached to an aromatic ring is 1. The topological polar surface area (TPSA) is 88.7 Å². The van der Waals surface area contributed by atoms with Crippen LogP contribution in [-0.2, 0) is 0 Å². The fourth-order valence-electron chi connectivity index (χ4n) is 1.44. The molecular formula is C11H10N4O. The Morgan fingerprint density at radius 2 is 2.12 bits per heavy atom. The highest BCUT2D eigenvalue weighted by Crippen LogP contribution is 2.23. The maximum absolute atomic E-state index is 8.84. The van der Waals surface area contributed by atoms with E-state index in [2.05, 4.69) is 9.97 Å². The van der Waals surface area contributed by atoms with Gasteiger partial charge in [-0.15, -0.1) is 0 Å². The summed E-state index contributed by atoms with van der Waals surface area (Å²) in [5, 5.41) is 8.84. The lowest BCUT2D eigenvalue weighted by Crippen LogP contribution is -2.02. The second-order valence-electron chi connectivity index (χ2n) is 3.44. The van der Waals surface area contributed by atoms with Gasteiger partial charge in [0.05, 0.1) is 12.0 Å². The van der Waals surface area contributed by atoms with Crippen LogP contribution < -0.4 is 5.73 Å². The molecule has 0 bridgehead atoms. The van der Waals surface area contributed by atoms with E-state index in [1.807, 2.05) is 19.1 Å². The minimum Gasteiger partial charge on any atom is -0.461 e. The average molecular weight is 214 g/mol. The summed E-state index contributed by atoms with van der Waals surface area (Å²) in [4.78, 5) is 8.26. The van der Waals surface area contributed by atoms with Gasteiger partial charge < -0.3 is 10.2 Å². The molecule has 0 saturated carbocycles. The first-order valence-electron chi connectivity index (χ1n) is 4.72. The van der Waals surface area contributed by atoms with Crippen LogP contribution in [0.2, 0.25) is 0 Å². The van der Waals surface area contributed by atoms with Crippen molar-refractivity contribution in [2.45, 2.75) is 13.8 Å². The second kappa shape index (κ2) is 3.66. The Morgan fingerprint density at radius 3 is 2.62 bits per heavy atom. The van der Waals surface area contributed by atoms with E-state index in [1.54, 1.807) is 13.2 Å². The first-order chi connectivity index (χ1) is 7.63. The van der Waals surface area contributed by atoms with Crippen LogP contribution in [0.25, 0.3) is 11.6 Å². The number of hydrogen-bond donors (Lipinski definition) is 1. The lowest BCUT2D eigenvalue weighted by molar-refractivity contribution is 0.575. The van der Waals surface area contributed by atoms with Gasteiger partial charge in [0.2, 0.25) is 0 Å². The SMILES string of the molecule is Cc1ccoc1-c1nc(C)c(C#N)c(N)n1. The zero-order valence-electron chi connectivity index (χ0n) is 8.98. The number of anilines is 1. The number of nitrogens with zero attached hydrogens (tertiary/aromatic N) is 3. The molecular weight excluding hydrogens is 204 g/mol. The van der Waals surface area contributed by atoms with Gasteiger partial charge in [-0.05, 0) is 25.5 Å². The maximum atomic E-state index is 8.84. The molecule has 5 heteroatoms. The molecule has 0 aliphatic rings. The molecule has 0 spiro atoms. The summed E-state index contributed by atoms with van der Waals surface area (Å²) in [5.74, 6) is 1.18. The number of nitrogens with two attached hydrogens (primary N) is 1. The first kappa shape index (κ1) is 10.2. The zero-order chi connectivity index (χ0) is 11.7. The molecule has 2 heterocycles. The minimum absolute atomic E-state index is 0.181. The Morgan fingerprint density at radius 1 is 1.38 bits per heavy atom. The van der Waals surface area contributed by atoms with Gasteiger partial charge >= 0.3 is 0 Å². The highest BCUT2D eigenvalue weighted by Gasteiger charge is 2.13. The Kier molecular flexibility index (Phi) is 2.33. The summed E-state index contributed by atoms with van der Waals surface area (Å²) in [7, 11) is 0. The number of hydrogen-bond acceptors (Lipinski definition) is 5. The molecule has 5 nitrogen and oxygen atoms in total. The van der Waals surface area contributed by atoms with Crippen LogP contribution in [0, 0.1) is 25.2 Å². The number of nitriles is 1. The molecule has 0 aliphatic heterocycles. The number of rotatable bonds is 1. The molecule has 0 amide bonds. The Labute approximate surface area is 92.5 Å². The van der Waals surface area contributed by atoms with E-state index in [4.69, 9.17) is 15.4 Å². The largest absolute Gasteiger partial charge is 0.461 e. The maximum Gasteiger partial charge on any atom is 0.198 e. The molecule has 0 unspecified atom stereocenters. The smallest absolute Gasteiger partial charge is 0.198 e.